The van der Waals surface area contributed by atoms with Gasteiger partial charge in [-0.05, 0) is 54.3 Å². The molecule has 0 aliphatic heterocycles. The predicted molar refractivity (Wildman–Crippen MR) is 120 cm³/mol. The normalized spacial score (nSPS) is 11.1. The predicted octanol–water partition coefficient (Wildman–Crippen LogP) is 4.76. The summed E-state index contributed by atoms with van der Waals surface area (Å²) >= 11 is 0. The maximum absolute atomic E-state index is 12.7. The van der Waals surface area contributed by atoms with Crippen molar-refractivity contribution >= 4 is 21.6 Å². The van der Waals surface area contributed by atoms with Gasteiger partial charge in [0.15, 0.2) is 0 Å². The summed E-state index contributed by atoms with van der Waals surface area (Å²) in [4.78, 5) is 12.6. The molecule has 0 heterocycles. The van der Waals surface area contributed by atoms with Gasteiger partial charge in [-0.1, -0.05) is 61.9 Å². The molecule has 5 nitrogen and oxygen atoms in total. The van der Waals surface area contributed by atoms with Crippen LogP contribution in [0.15, 0.2) is 83.8 Å². The Bertz CT molecular complexity index is 1080. The van der Waals surface area contributed by atoms with Crippen LogP contribution >= 0.6 is 0 Å². The molecule has 3 aromatic rings. The third kappa shape index (κ3) is 5.94. The third-order valence-corrected chi connectivity index (χ3v) is 6.12. The van der Waals surface area contributed by atoms with Crippen LogP contribution in [0.25, 0.3) is 0 Å². The van der Waals surface area contributed by atoms with Crippen molar-refractivity contribution in [1.29, 1.82) is 0 Å². The molecule has 156 valence electrons. The second kappa shape index (κ2) is 10.1. The summed E-state index contributed by atoms with van der Waals surface area (Å²) in [5, 5.41) is 2.84. The minimum absolute atomic E-state index is 0.196. The molecule has 3 aromatic carbocycles. The molecule has 1 amide bonds. The van der Waals surface area contributed by atoms with Crippen molar-refractivity contribution in [1.82, 2.24) is 5.32 Å². The van der Waals surface area contributed by atoms with Crippen LogP contribution in [0.1, 0.15) is 41.3 Å². The zero-order valence-corrected chi connectivity index (χ0v) is 17.8. The number of carbonyl (C=O) groups is 1. The number of amides is 1. The minimum Gasteiger partial charge on any atom is -0.348 e. The largest absolute Gasteiger partial charge is 0.348 e. The van der Waals surface area contributed by atoms with Gasteiger partial charge in [-0.25, -0.2) is 8.42 Å². The lowest BCUT2D eigenvalue weighted by Gasteiger charge is -2.11. The highest BCUT2D eigenvalue weighted by atomic mass is 32.2. The number of hydrogen-bond donors (Lipinski definition) is 2. The van der Waals surface area contributed by atoms with E-state index in [1.54, 1.807) is 30.3 Å². The fraction of sp³-hybridized carbons (Fsp3) is 0.208. The zero-order valence-electron chi connectivity index (χ0n) is 17.0. The molecule has 0 radical (unpaired) electrons. The number of benzene rings is 3. The van der Waals surface area contributed by atoms with Gasteiger partial charge in [-0.3, -0.25) is 9.52 Å². The van der Waals surface area contributed by atoms with Gasteiger partial charge in [0.2, 0.25) is 0 Å². The molecule has 30 heavy (non-hydrogen) atoms. The van der Waals surface area contributed by atoms with Crippen molar-refractivity contribution in [2.45, 2.75) is 37.6 Å². The van der Waals surface area contributed by atoms with Gasteiger partial charge in [0.25, 0.3) is 15.9 Å². The Morgan fingerprint density at radius 1 is 0.867 bits per heavy atom. The van der Waals surface area contributed by atoms with E-state index in [0.29, 0.717) is 17.8 Å². The van der Waals surface area contributed by atoms with Crippen LogP contribution in [0.3, 0.4) is 0 Å². The number of anilines is 1. The molecule has 0 saturated carbocycles. The molecular weight excluding hydrogens is 396 g/mol. The molecule has 0 saturated heterocycles. The van der Waals surface area contributed by atoms with Crippen molar-refractivity contribution in [3.05, 3.63) is 95.6 Å². The maximum Gasteiger partial charge on any atom is 0.261 e. The highest BCUT2D eigenvalue weighted by Gasteiger charge is 2.15. The Hall–Kier alpha value is -3.12. The monoisotopic (exact) mass is 422 g/mol. The summed E-state index contributed by atoms with van der Waals surface area (Å²) in [7, 11) is -3.73. The average Bonchev–Trinajstić information content (AvgIpc) is 2.77. The van der Waals surface area contributed by atoms with Crippen LogP contribution < -0.4 is 10.0 Å². The van der Waals surface area contributed by atoms with Gasteiger partial charge in [0.1, 0.15) is 0 Å². The Morgan fingerprint density at radius 3 is 2.30 bits per heavy atom. The molecule has 0 spiro atoms. The Balaban J connectivity index is 1.67. The van der Waals surface area contributed by atoms with Crippen LogP contribution in [0.5, 0.6) is 0 Å². The van der Waals surface area contributed by atoms with E-state index in [0.717, 1.165) is 30.4 Å². The standard InChI is InChI=1S/C24H26N2O3S/c1-2-3-8-19-13-15-23(16-14-19)30(28,29)26-22-12-7-11-21(17-22)24(27)25-18-20-9-5-4-6-10-20/h4-7,9-17,26H,2-3,8,18H2,1H3,(H,25,27). The van der Waals surface area contributed by atoms with E-state index in [2.05, 4.69) is 17.0 Å². The maximum atomic E-state index is 12.7. The first-order valence-corrected chi connectivity index (χ1v) is 11.5. The van der Waals surface area contributed by atoms with Gasteiger partial charge in [-0.15, -0.1) is 0 Å². The molecule has 0 aliphatic rings. The molecule has 0 atom stereocenters. The van der Waals surface area contributed by atoms with Crippen molar-refractivity contribution in [2.24, 2.45) is 0 Å². The van der Waals surface area contributed by atoms with E-state index in [9.17, 15) is 13.2 Å². The van der Waals surface area contributed by atoms with Crippen molar-refractivity contribution in [3.8, 4) is 0 Å². The van der Waals surface area contributed by atoms with Crippen LogP contribution in [-0.2, 0) is 23.0 Å². The first-order valence-electron chi connectivity index (χ1n) is 10.0. The fourth-order valence-corrected chi connectivity index (χ4v) is 4.08. The third-order valence-electron chi connectivity index (χ3n) is 4.73. The molecular formula is C24H26N2O3S. The highest BCUT2D eigenvalue weighted by molar-refractivity contribution is 7.92. The molecule has 3 rings (SSSR count). The van der Waals surface area contributed by atoms with E-state index >= 15 is 0 Å². The molecule has 0 fully saturated rings. The SMILES string of the molecule is CCCCc1ccc(S(=O)(=O)Nc2cccc(C(=O)NCc3ccccc3)c2)cc1. The Morgan fingerprint density at radius 2 is 1.60 bits per heavy atom. The number of hydrogen-bond acceptors (Lipinski definition) is 3. The Labute approximate surface area is 178 Å². The minimum atomic E-state index is -3.73. The van der Waals surface area contributed by atoms with Crippen LogP contribution in [0.4, 0.5) is 5.69 Å². The summed E-state index contributed by atoms with van der Waals surface area (Å²) in [5.74, 6) is -0.264. The Kier molecular flexibility index (Phi) is 7.25. The van der Waals surface area contributed by atoms with Gasteiger partial charge < -0.3 is 5.32 Å². The fourth-order valence-electron chi connectivity index (χ4n) is 3.03. The highest BCUT2D eigenvalue weighted by Crippen LogP contribution is 2.18. The topological polar surface area (TPSA) is 75.3 Å². The van der Waals surface area contributed by atoms with E-state index in [1.807, 2.05) is 42.5 Å². The van der Waals surface area contributed by atoms with Crippen LogP contribution in [0, 0.1) is 0 Å². The van der Waals surface area contributed by atoms with Crippen molar-refractivity contribution in [3.63, 3.8) is 0 Å². The van der Waals surface area contributed by atoms with Crippen LogP contribution in [0.2, 0.25) is 0 Å². The number of nitrogens with one attached hydrogen (secondary N) is 2. The lowest BCUT2D eigenvalue weighted by molar-refractivity contribution is 0.0951. The van der Waals surface area contributed by atoms with E-state index in [-0.39, 0.29) is 10.8 Å². The smallest absolute Gasteiger partial charge is 0.261 e. The summed E-state index contributed by atoms with van der Waals surface area (Å²) in [6.45, 7) is 2.53. The zero-order chi connectivity index (χ0) is 21.4. The summed E-state index contributed by atoms with van der Waals surface area (Å²) in [5.41, 5.74) is 2.84. The van der Waals surface area contributed by atoms with Gasteiger partial charge >= 0.3 is 0 Å². The average molecular weight is 423 g/mol. The van der Waals surface area contributed by atoms with Crippen molar-refractivity contribution < 1.29 is 13.2 Å². The first-order chi connectivity index (χ1) is 14.5. The summed E-state index contributed by atoms with van der Waals surface area (Å²) < 4.78 is 28.0. The molecule has 2 N–H and O–H groups in total. The van der Waals surface area contributed by atoms with E-state index < -0.39 is 10.0 Å². The molecule has 0 bridgehead atoms. The number of sulfonamides is 1. The second-order valence-corrected chi connectivity index (χ2v) is 8.78. The lowest BCUT2D eigenvalue weighted by atomic mass is 10.1. The summed E-state index contributed by atoms with van der Waals surface area (Å²) in [6.07, 6.45) is 3.10. The van der Waals surface area contributed by atoms with Crippen molar-refractivity contribution in [2.75, 3.05) is 4.72 Å². The quantitative estimate of drug-likeness (QED) is 0.522. The van der Waals surface area contributed by atoms with Gasteiger partial charge in [0.05, 0.1) is 4.90 Å². The molecule has 6 heteroatoms. The number of rotatable bonds is 9. The summed E-state index contributed by atoms with van der Waals surface area (Å²) in [6, 6.07) is 23.0. The number of aryl methyl sites for hydroxylation is 1. The molecule has 0 aromatic heterocycles. The first kappa shape index (κ1) is 21.6. The van der Waals surface area contributed by atoms with Gasteiger partial charge in [-0.2, -0.15) is 0 Å². The van der Waals surface area contributed by atoms with Crippen LogP contribution in [-0.4, -0.2) is 14.3 Å². The molecule has 0 aliphatic carbocycles. The number of carbonyl (C=O) groups excluding carboxylic acids is 1. The number of unbranched alkanes of at least 4 members (excludes halogenated alkanes) is 1. The van der Waals surface area contributed by atoms with Gasteiger partial charge in [0, 0.05) is 17.8 Å². The van der Waals surface area contributed by atoms with E-state index in [1.165, 1.54) is 6.07 Å². The van der Waals surface area contributed by atoms with E-state index in [4.69, 9.17) is 0 Å². The lowest BCUT2D eigenvalue weighted by Crippen LogP contribution is -2.23. The molecule has 0 unspecified atom stereocenters. The second-order valence-electron chi connectivity index (χ2n) is 7.10.